The highest BCUT2D eigenvalue weighted by atomic mass is 35.6. The fraction of sp³-hybridized carbons (Fsp3) is 1.00. The number of halogens is 7. The van der Waals surface area contributed by atoms with Crippen LogP contribution in [0.25, 0.3) is 0 Å². The van der Waals surface area contributed by atoms with E-state index in [1.807, 2.05) is 0 Å². The molecule has 0 aromatic heterocycles. The zero-order valence-electron chi connectivity index (χ0n) is 4.22. The lowest BCUT2D eigenvalue weighted by Gasteiger charge is -2.22. The van der Waals surface area contributed by atoms with Crippen LogP contribution in [0.1, 0.15) is 0 Å². The molecular weight excluding hydrogens is 268 g/mol. The highest BCUT2D eigenvalue weighted by Crippen LogP contribution is 2.44. The Kier molecular flexibility index (Phi) is 4.19. The maximum Gasteiger partial charge on any atom is 0.277 e. The fourth-order valence-electron chi connectivity index (χ4n) is 0.186. The Morgan fingerprint density at radius 2 is 1.30 bits per heavy atom. The molecule has 0 spiro atoms. The Hall–Kier alpha value is 1.67. The van der Waals surface area contributed by atoms with E-state index in [0.29, 0.717) is 0 Å². The normalized spacial score (nSPS) is 17.1. The van der Waals surface area contributed by atoms with Gasteiger partial charge in [-0.2, -0.15) is 0 Å². The second kappa shape index (κ2) is 3.59. The Balaban J connectivity index is 4.23. The molecule has 0 heterocycles. The first-order valence-corrected chi connectivity index (χ1v) is 4.26. The van der Waals surface area contributed by atoms with Crippen molar-refractivity contribution in [2.45, 2.75) is 13.8 Å². The largest absolute Gasteiger partial charge is 0.277 e. The molecule has 0 aliphatic rings. The summed E-state index contributed by atoms with van der Waals surface area (Å²) >= 11 is 30.4. The lowest BCUT2D eigenvalue weighted by atomic mass is 10.5. The molecule has 0 fully saturated rings. The van der Waals surface area contributed by atoms with Gasteiger partial charge in [0, 0.05) is 0 Å². The third-order valence-corrected chi connectivity index (χ3v) is 2.85. The monoisotopic (exact) mass is 266 g/mol. The fourth-order valence-corrected chi connectivity index (χ4v) is 1.30. The predicted octanol–water partition coefficient (Wildman–Crippen LogP) is 4.06. The van der Waals surface area contributed by atoms with Gasteiger partial charge in [0.25, 0.3) is 4.59 Å². The second-order valence-corrected chi connectivity index (χ2v) is 5.54. The van der Waals surface area contributed by atoms with Gasteiger partial charge in [-0.15, -0.1) is 11.6 Å². The number of rotatable bonds is 1. The molecule has 10 heavy (non-hydrogen) atoms. The molecule has 0 bridgehead atoms. The molecule has 7 heteroatoms. The van der Waals surface area contributed by atoms with Crippen LogP contribution in [0.3, 0.4) is 0 Å². The third-order valence-electron chi connectivity index (χ3n) is 0.575. The van der Waals surface area contributed by atoms with Crippen LogP contribution in [-0.4, -0.2) is 13.8 Å². The number of hydrogen-bond donors (Lipinski definition) is 0. The molecule has 0 aliphatic carbocycles. The SMILES string of the molecule is FC(Cl)(Cl)C(Cl)C(Cl)(Cl)Cl. The first kappa shape index (κ1) is 11.7. The van der Waals surface area contributed by atoms with E-state index in [-0.39, 0.29) is 0 Å². The van der Waals surface area contributed by atoms with Crippen molar-refractivity contribution in [3.63, 3.8) is 0 Å². The summed E-state index contributed by atoms with van der Waals surface area (Å²) in [5.74, 6) is 0. The van der Waals surface area contributed by atoms with Crippen LogP contribution in [-0.2, 0) is 0 Å². The smallest absolute Gasteiger partial charge is 0.206 e. The Morgan fingerprint density at radius 3 is 1.30 bits per heavy atom. The summed E-state index contributed by atoms with van der Waals surface area (Å²) in [5, 5.41) is -1.60. The van der Waals surface area contributed by atoms with E-state index in [1.54, 1.807) is 0 Å². The van der Waals surface area contributed by atoms with E-state index in [1.165, 1.54) is 0 Å². The summed E-state index contributed by atoms with van der Waals surface area (Å²) in [5.41, 5.74) is 0. The lowest BCUT2D eigenvalue weighted by molar-refractivity contribution is 0.379. The summed E-state index contributed by atoms with van der Waals surface area (Å²) in [4.78, 5) is 0. The Bertz CT molecular complexity index is 97.1. The first-order chi connectivity index (χ1) is 4.15. The third kappa shape index (κ3) is 3.89. The van der Waals surface area contributed by atoms with Gasteiger partial charge in [-0.1, -0.05) is 58.0 Å². The molecule has 0 N–H and O–H groups in total. The molecule has 1 unspecified atom stereocenters. The molecule has 62 valence electrons. The zero-order chi connectivity index (χ0) is 8.58. The quantitative estimate of drug-likeness (QED) is 0.629. The predicted molar refractivity (Wildman–Crippen MR) is 45.5 cm³/mol. The van der Waals surface area contributed by atoms with E-state index in [9.17, 15) is 4.39 Å². The van der Waals surface area contributed by atoms with Crippen LogP contribution >= 0.6 is 69.6 Å². The minimum absolute atomic E-state index is 1.60. The van der Waals surface area contributed by atoms with Gasteiger partial charge in [0.2, 0.25) is 3.79 Å². The maximum atomic E-state index is 12.4. The van der Waals surface area contributed by atoms with Gasteiger partial charge in [0.05, 0.1) is 0 Å². The molecule has 0 aromatic carbocycles. The lowest BCUT2D eigenvalue weighted by Crippen LogP contribution is -2.33. The van der Waals surface area contributed by atoms with E-state index >= 15 is 0 Å². The van der Waals surface area contributed by atoms with Crippen LogP contribution < -0.4 is 0 Å². The molecule has 0 saturated carbocycles. The van der Waals surface area contributed by atoms with Gasteiger partial charge >= 0.3 is 0 Å². The van der Waals surface area contributed by atoms with Crippen molar-refractivity contribution in [3.8, 4) is 0 Å². The van der Waals surface area contributed by atoms with Gasteiger partial charge in [-0.3, -0.25) is 0 Å². The van der Waals surface area contributed by atoms with Crippen molar-refractivity contribution in [2.24, 2.45) is 0 Å². The average Bonchev–Trinajstić information content (AvgIpc) is 1.59. The van der Waals surface area contributed by atoms with Crippen molar-refractivity contribution in [2.75, 3.05) is 0 Å². The van der Waals surface area contributed by atoms with Crippen LogP contribution in [0, 0.1) is 0 Å². The number of alkyl halides is 7. The average molecular weight is 269 g/mol. The van der Waals surface area contributed by atoms with E-state index in [0.717, 1.165) is 0 Å². The standard InChI is InChI=1S/C3HCl6F/c4-1(2(5,6)7)3(8,9)10/h1H. The summed E-state index contributed by atoms with van der Waals surface area (Å²) in [6.45, 7) is 0. The van der Waals surface area contributed by atoms with Gasteiger partial charge in [-0.25, -0.2) is 4.39 Å². The van der Waals surface area contributed by atoms with E-state index < -0.39 is 13.8 Å². The molecule has 0 aromatic rings. The van der Waals surface area contributed by atoms with Crippen LogP contribution in [0.2, 0.25) is 0 Å². The van der Waals surface area contributed by atoms with Gasteiger partial charge in [-0.05, 0) is 0 Å². The van der Waals surface area contributed by atoms with Crippen molar-refractivity contribution in [1.82, 2.24) is 0 Å². The van der Waals surface area contributed by atoms with Crippen molar-refractivity contribution >= 4 is 69.6 Å². The molecule has 0 amide bonds. The van der Waals surface area contributed by atoms with Crippen molar-refractivity contribution in [1.29, 1.82) is 0 Å². The highest BCUT2D eigenvalue weighted by molar-refractivity contribution is 6.71. The first-order valence-electron chi connectivity index (χ1n) is 1.93. The van der Waals surface area contributed by atoms with Gasteiger partial charge in [0.1, 0.15) is 5.38 Å². The minimum atomic E-state index is -2.74. The molecule has 0 radical (unpaired) electrons. The van der Waals surface area contributed by atoms with Crippen LogP contribution in [0.5, 0.6) is 0 Å². The number of hydrogen-bond acceptors (Lipinski definition) is 0. The van der Waals surface area contributed by atoms with E-state index in [4.69, 9.17) is 69.6 Å². The molecule has 0 nitrogen and oxygen atoms in total. The van der Waals surface area contributed by atoms with E-state index in [2.05, 4.69) is 0 Å². The van der Waals surface area contributed by atoms with Crippen LogP contribution in [0.4, 0.5) is 4.39 Å². The molecule has 0 aliphatic heterocycles. The highest BCUT2D eigenvalue weighted by Gasteiger charge is 2.46. The summed E-state index contributed by atoms with van der Waals surface area (Å²) in [6, 6.07) is 0. The molecular formula is C3HCl6F. The van der Waals surface area contributed by atoms with Gasteiger partial charge < -0.3 is 0 Å². The topological polar surface area (TPSA) is 0 Å². The van der Waals surface area contributed by atoms with Crippen molar-refractivity contribution < 1.29 is 4.39 Å². The minimum Gasteiger partial charge on any atom is -0.206 e. The zero-order valence-corrected chi connectivity index (χ0v) is 8.76. The Labute approximate surface area is 87.5 Å². The second-order valence-electron chi connectivity index (χ2n) is 1.45. The van der Waals surface area contributed by atoms with Crippen LogP contribution in [0.15, 0.2) is 0 Å². The Morgan fingerprint density at radius 1 is 1.00 bits per heavy atom. The maximum absolute atomic E-state index is 12.4. The van der Waals surface area contributed by atoms with Gasteiger partial charge in [0.15, 0.2) is 0 Å². The molecule has 0 rings (SSSR count). The molecule has 1 atom stereocenters. The molecule has 0 saturated heterocycles. The summed E-state index contributed by atoms with van der Waals surface area (Å²) in [7, 11) is 0. The van der Waals surface area contributed by atoms with Crippen molar-refractivity contribution in [3.05, 3.63) is 0 Å². The summed E-state index contributed by atoms with van der Waals surface area (Å²) < 4.78 is 7.67. The summed E-state index contributed by atoms with van der Waals surface area (Å²) in [6.07, 6.45) is 0.